The SMILES string of the molecule is Cc1nn(C)cc1S(=O)(=O)N(CCO)C1CCCCC1. The van der Waals surface area contributed by atoms with Gasteiger partial charge in [0.2, 0.25) is 10.0 Å². The number of aliphatic hydroxyl groups excluding tert-OH is 1. The minimum Gasteiger partial charge on any atom is -0.395 e. The lowest BCUT2D eigenvalue weighted by Gasteiger charge is -2.32. The molecular weight excluding hydrogens is 278 g/mol. The summed E-state index contributed by atoms with van der Waals surface area (Å²) >= 11 is 0. The summed E-state index contributed by atoms with van der Waals surface area (Å²) in [5.74, 6) is 0. The maximum Gasteiger partial charge on any atom is 0.246 e. The average molecular weight is 301 g/mol. The second-order valence-electron chi connectivity index (χ2n) is 5.38. The Bertz CT molecular complexity index is 547. The summed E-state index contributed by atoms with van der Waals surface area (Å²) in [6.07, 6.45) is 6.55. The Kier molecular flexibility index (Phi) is 4.82. The lowest BCUT2D eigenvalue weighted by molar-refractivity contribution is 0.199. The summed E-state index contributed by atoms with van der Waals surface area (Å²) in [5.41, 5.74) is 0.506. The molecule has 0 aromatic carbocycles. The third kappa shape index (κ3) is 3.05. The topological polar surface area (TPSA) is 75.4 Å². The van der Waals surface area contributed by atoms with Crippen LogP contribution in [0.2, 0.25) is 0 Å². The van der Waals surface area contributed by atoms with E-state index in [0.29, 0.717) is 5.69 Å². The van der Waals surface area contributed by atoms with Crippen molar-refractivity contribution < 1.29 is 13.5 Å². The highest BCUT2D eigenvalue weighted by molar-refractivity contribution is 7.89. The van der Waals surface area contributed by atoms with E-state index in [-0.39, 0.29) is 24.1 Å². The molecule has 0 amide bonds. The summed E-state index contributed by atoms with van der Waals surface area (Å²) in [6, 6.07) is 0.000469. The highest BCUT2D eigenvalue weighted by Crippen LogP contribution is 2.28. The first-order valence-electron chi connectivity index (χ1n) is 7.09. The highest BCUT2D eigenvalue weighted by atomic mass is 32.2. The van der Waals surface area contributed by atoms with E-state index >= 15 is 0 Å². The fourth-order valence-electron chi connectivity index (χ4n) is 2.92. The van der Waals surface area contributed by atoms with Crippen LogP contribution in [0.4, 0.5) is 0 Å². The molecule has 20 heavy (non-hydrogen) atoms. The summed E-state index contributed by atoms with van der Waals surface area (Å²) < 4.78 is 28.6. The molecule has 0 bridgehead atoms. The van der Waals surface area contributed by atoms with Gasteiger partial charge in [0, 0.05) is 25.8 Å². The van der Waals surface area contributed by atoms with Gasteiger partial charge in [-0.2, -0.15) is 9.40 Å². The van der Waals surface area contributed by atoms with Crippen LogP contribution in [0.5, 0.6) is 0 Å². The van der Waals surface area contributed by atoms with Gasteiger partial charge in [-0.1, -0.05) is 19.3 Å². The molecule has 0 unspecified atom stereocenters. The van der Waals surface area contributed by atoms with Crippen LogP contribution < -0.4 is 0 Å². The molecule has 1 saturated carbocycles. The van der Waals surface area contributed by atoms with Gasteiger partial charge in [-0.25, -0.2) is 8.42 Å². The van der Waals surface area contributed by atoms with E-state index in [1.54, 1.807) is 14.0 Å². The van der Waals surface area contributed by atoms with Crippen molar-refractivity contribution in [2.45, 2.75) is 50.0 Å². The lowest BCUT2D eigenvalue weighted by atomic mass is 9.95. The predicted octanol–water partition coefficient (Wildman–Crippen LogP) is 1.04. The minimum absolute atomic E-state index is 0.000469. The molecule has 7 heteroatoms. The fourth-order valence-corrected chi connectivity index (χ4v) is 4.80. The minimum atomic E-state index is -3.58. The van der Waals surface area contributed by atoms with Crippen molar-refractivity contribution in [3.05, 3.63) is 11.9 Å². The van der Waals surface area contributed by atoms with E-state index in [1.165, 1.54) is 15.2 Å². The van der Waals surface area contributed by atoms with E-state index in [1.807, 2.05) is 0 Å². The van der Waals surface area contributed by atoms with Crippen LogP contribution in [0.25, 0.3) is 0 Å². The summed E-state index contributed by atoms with van der Waals surface area (Å²) in [4.78, 5) is 0.249. The Hall–Kier alpha value is -0.920. The molecule has 1 aliphatic rings. The van der Waals surface area contributed by atoms with Gasteiger partial charge in [0.05, 0.1) is 12.3 Å². The smallest absolute Gasteiger partial charge is 0.246 e. The Morgan fingerprint density at radius 1 is 1.40 bits per heavy atom. The molecule has 114 valence electrons. The molecular formula is C13H23N3O3S. The van der Waals surface area contributed by atoms with Crippen LogP contribution in [0.1, 0.15) is 37.8 Å². The largest absolute Gasteiger partial charge is 0.395 e. The Morgan fingerprint density at radius 3 is 2.55 bits per heavy atom. The van der Waals surface area contributed by atoms with Gasteiger partial charge in [-0.3, -0.25) is 4.68 Å². The van der Waals surface area contributed by atoms with Crippen LogP contribution in [-0.2, 0) is 17.1 Å². The maximum atomic E-state index is 12.8. The maximum absolute atomic E-state index is 12.8. The molecule has 0 radical (unpaired) electrons. The molecule has 0 spiro atoms. The van der Waals surface area contributed by atoms with Crippen LogP contribution >= 0.6 is 0 Å². The Labute approximate surface area is 120 Å². The van der Waals surface area contributed by atoms with Gasteiger partial charge < -0.3 is 5.11 Å². The third-order valence-corrected chi connectivity index (χ3v) is 5.91. The first-order valence-corrected chi connectivity index (χ1v) is 8.53. The van der Waals surface area contributed by atoms with Crippen LogP contribution in [0.15, 0.2) is 11.1 Å². The predicted molar refractivity (Wildman–Crippen MR) is 75.8 cm³/mol. The molecule has 0 saturated heterocycles. The number of aryl methyl sites for hydroxylation is 2. The lowest BCUT2D eigenvalue weighted by Crippen LogP contribution is -2.43. The summed E-state index contributed by atoms with van der Waals surface area (Å²) in [7, 11) is -1.87. The van der Waals surface area contributed by atoms with Gasteiger partial charge in [0.25, 0.3) is 0 Å². The quantitative estimate of drug-likeness (QED) is 0.882. The van der Waals surface area contributed by atoms with Crippen molar-refractivity contribution in [2.24, 2.45) is 7.05 Å². The second kappa shape index (κ2) is 6.24. The number of hydrogen-bond acceptors (Lipinski definition) is 4. The Balaban J connectivity index is 2.33. The zero-order chi connectivity index (χ0) is 14.8. The number of aromatic nitrogens is 2. The van der Waals surface area contributed by atoms with Crippen LogP contribution in [0.3, 0.4) is 0 Å². The molecule has 1 fully saturated rings. The number of hydrogen-bond donors (Lipinski definition) is 1. The first-order chi connectivity index (χ1) is 9.46. The number of nitrogens with zero attached hydrogens (tertiary/aromatic N) is 3. The molecule has 1 heterocycles. The molecule has 0 atom stereocenters. The average Bonchev–Trinajstić information content (AvgIpc) is 2.76. The number of rotatable bonds is 5. The summed E-state index contributed by atoms with van der Waals surface area (Å²) in [6.45, 7) is 1.70. The van der Waals surface area contributed by atoms with E-state index in [0.717, 1.165) is 32.1 Å². The van der Waals surface area contributed by atoms with E-state index < -0.39 is 10.0 Å². The standard InChI is InChI=1S/C13H23N3O3S/c1-11-13(10-15(2)14-11)20(18,19)16(8-9-17)12-6-4-3-5-7-12/h10,12,17H,3-9H2,1-2H3. The second-order valence-corrected chi connectivity index (χ2v) is 7.24. The number of aliphatic hydroxyl groups is 1. The molecule has 1 N–H and O–H groups in total. The van der Waals surface area contributed by atoms with Crippen molar-refractivity contribution in [2.75, 3.05) is 13.2 Å². The van der Waals surface area contributed by atoms with E-state index in [4.69, 9.17) is 0 Å². The van der Waals surface area contributed by atoms with E-state index in [2.05, 4.69) is 5.10 Å². The van der Waals surface area contributed by atoms with Crippen LogP contribution in [0, 0.1) is 6.92 Å². The van der Waals surface area contributed by atoms with Crippen molar-refractivity contribution >= 4 is 10.0 Å². The zero-order valence-electron chi connectivity index (χ0n) is 12.1. The number of sulfonamides is 1. The third-order valence-electron chi connectivity index (χ3n) is 3.86. The van der Waals surface area contributed by atoms with Gasteiger partial charge in [0.1, 0.15) is 4.90 Å². The Morgan fingerprint density at radius 2 is 2.05 bits per heavy atom. The molecule has 6 nitrogen and oxygen atoms in total. The van der Waals surface area contributed by atoms with Crippen molar-refractivity contribution in [3.8, 4) is 0 Å². The summed E-state index contributed by atoms with van der Waals surface area (Å²) in [5, 5.41) is 13.3. The molecule has 0 aliphatic heterocycles. The molecule has 1 aromatic heterocycles. The molecule has 2 rings (SSSR count). The monoisotopic (exact) mass is 301 g/mol. The first kappa shape index (κ1) is 15.5. The van der Waals surface area contributed by atoms with Crippen molar-refractivity contribution in [1.29, 1.82) is 0 Å². The normalized spacial score (nSPS) is 17.8. The molecule has 1 aliphatic carbocycles. The van der Waals surface area contributed by atoms with Gasteiger partial charge >= 0.3 is 0 Å². The van der Waals surface area contributed by atoms with E-state index in [9.17, 15) is 13.5 Å². The molecule has 1 aromatic rings. The van der Waals surface area contributed by atoms with Gasteiger partial charge in [-0.05, 0) is 19.8 Å². The van der Waals surface area contributed by atoms with Crippen molar-refractivity contribution in [1.82, 2.24) is 14.1 Å². The fraction of sp³-hybridized carbons (Fsp3) is 0.769. The van der Waals surface area contributed by atoms with Gasteiger partial charge in [0.15, 0.2) is 0 Å². The highest BCUT2D eigenvalue weighted by Gasteiger charge is 2.33. The zero-order valence-corrected chi connectivity index (χ0v) is 12.9. The van der Waals surface area contributed by atoms with Crippen molar-refractivity contribution in [3.63, 3.8) is 0 Å². The van der Waals surface area contributed by atoms with Gasteiger partial charge in [-0.15, -0.1) is 0 Å². The van der Waals surface area contributed by atoms with Crippen LogP contribution in [-0.4, -0.2) is 46.8 Å².